The number of nitrogens with zero attached hydrogens (tertiary/aromatic N) is 3. The van der Waals surface area contributed by atoms with Crippen molar-refractivity contribution in [2.45, 2.75) is 13.5 Å². The molecule has 0 saturated heterocycles. The number of nitrogens with one attached hydrogen (secondary N) is 2. The highest BCUT2D eigenvalue weighted by Crippen LogP contribution is 2.25. The van der Waals surface area contributed by atoms with Gasteiger partial charge < -0.3 is 16.4 Å². The molecule has 3 amide bonds. The van der Waals surface area contributed by atoms with Gasteiger partial charge in [0.05, 0.1) is 29.0 Å². The molecule has 0 aliphatic carbocycles. The van der Waals surface area contributed by atoms with Gasteiger partial charge in [0, 0.05) is 12.4 Å². The Morgan fingerprint density at radius 3 is 2.44 bits per heavy atom. The highest BCUT2D eigenvalue weighted by atomic mass is 19.1. The highest BCUT2D eigenvalue weighted by molar-refractivity contribution is 6.15. The van der Waals surface area contributed by atoms with E-state index in [4.69, 9.17) is 5.73 Å². The summed E-state index contributed by atoms with van der Waals surface area (Å²) >= 11 is 0. The lowest BCUT2D eigenvalue weighted by Gasteiger charge is -2.10. The van der Waals surface area contributed by atoms with Crippen LogP contribution in [0.4, 0.5) is 10.1 Å². The minimum Gasteiger partial charge on any atom is -0.364 e. The van der Waals surface area contributed by atoms with Gasteiger partial charge in [-0.2, -0.15) is 5.10 Å². The van der Waals surface area contributed by atoms with E-state index < -0.39 is 17.7 Å². The maximum atomic E-state index is 13.3. The van der Waals surface area contributed by atoms with Crippen LogP contribution in [0.15, 0.2) is 54.6 Å². The molecule has 0 radical (unpaired) electrons. The lowest BCUT2D eigenvalue weighted by Crippen LogP contribution is -2.22. The summed E-state index contributed by atoms with van der Waals surface area (Å²) in [5.41, 5.74) is 7.46. The van der Waals surface area contributed by atoms with Gasteiger partial charge in [0.1, 0.15) is 11.5 Å². The fourth-order valence-electron chi connectivity index (χ4n) is 3.56. The minimum absolute atomic E-state index is 0.0175. The van der Waals surface area contributed by atoms with Crippen molar-refractivity contribution in [1.82, 2.24) is 20.1 Å². The molecule has 4 rings (SSSR count). The van der Waals surface area contributed by atoms with Crippen LogP contribution >= 0.6 is 0 Å². The van der Waals surface area contributed by atoms with Crippen LogP contribution in [0.5, 0.6) is 0 Å². The first-order chi connectivity index (χ1) is 16.3. The number of primary amides is 1. The van der Waals surface area contributed by atoms with Gasteiger partial charge in [-0.3, -0.25) is 19.1 Å². The molecule has 0 saturated carbocycles. The molecule has 34 heavy (non-hydrogen) atoms. The average molecular weight is 460 g/mol. The number of halogens is 1. The molecule has 2 aromatic heterocycles. The zero-order valence-electron chi connectivity index (χ0n) is 18.4. The third-order valence-electron chi connectivity index (χ3n) is 5.35. The molecule has 2 aromatic carbocycles. The van der Waals surface area contributed by atoms with Crippen LogP contribution < -0.4 is 16.4 Å². The van der Waals surface area contributed by atoms with Crippen molar-refractivity contribution in [3.63, 3.8) is 0 Å². The van der Waals surface area contributed by atoms with Crippen LogP contribution in [0.1, 0.15) is 42.6 Å². The largest absolute Gasteiger partial charge is 0.364 e. The number of carbonyl (C=O) groups excluding carboxylic acids is 3. The van der Waals surface area contributed by atoms with Crippen molar-refractivity contribution in [2.75, 3.05) is 12.4 Å². The number of aromatic nitrogens is 3. The fraction of sp³-hybridized carbons (Fsp3) is 0.125. The molecule has 4 N–H and O–H groups in total. The maximum absolute atomic E-state index is 13.3. The van der Waals surface area contributed by atoms with Crippen molar-refractivity contribution >= 4 is 34.3 Å². The number of pyridine rings is 1. The quantitative estimate of drug-likeness (QED) is 0.407. The molecule has 0 aliphatic rings. The van der Waals surface area contributed by atoms with E-state index in [1.807, 2.05) is 0 Å². The van der Waals surface area contributed by atoms with Gasteiger partial charge in [-0.25, -0.2) is 9.37 Å². The molecule has 0 spiro atoms. The molecule has 0 unspecified atom stereocenters. The van der Waals surface area contributed by atoms with E-state index in [0.29, 0.717) is 16.6 Å². The summed E-state index contributed by atoms with van der Waals surface area (Å²) in [7, 11) is 1.46. The highest BCUT2D eigenvalue weighted by Gasteiger charge is 2.24. The summed E-state index contributed by atoms with van der Waals surface area (Å²) in [4.78, 5) is 41.8. The van der Waals surface area contributed by atoms with Crippen molar-refractivity contribution < 1.29 is 18.8 Å². The number of anilines is 1. The van der Waals surface area contributed by atoms with E-state index in [1.54, 1.807) is 48.0 Å². The molecule has 2 heterocycles. The van der Waals surface area contributed by atoms with Gasteiger partial charge in [0.2, 0.25) is 0 Å². The van der Waals surface area contributed by atoms with Crippen LogP contribution in [0.2, 0.25) is 0 Å². The Morgan fingerprint density at radius 1 is 1.06 bits per heavy atom. The molecule has 9 nitrogen and oxygen atoms in total. The van der Waals surface area contributed by atoms with Gasteiger partial charge >= 0.3 is 0 Å². The maximum Gasteiger partial charge on any atom is 0.273 e. The van der Waals surface area contributed by atoms with Gasteiger partial charge in [0.15, 0.2) is 5.69 Å². The molecule has 4 aromatic rings. The Kier molecular flexibility index (Phi) is 6.05. The first kappa shape index (κ1) is 22.6. The average Bonchev–Trinajstić information content (AvgIpc) is 3.14. The predicted octanol–water partition coefficient (Wildman–Crippen LogP) is 2.64. The number of para-hydroxylation sites is 1. The van der Waals surface area contributed by atoms with E-state index in [2.05, 4.69) is 20.7 Å². The number of rotatable bonds is 6. The lowest BCUT2D eigenvalue weighted by atomic mass is 10.1. The van der Waals surface area contributed by atoms with E-state index in [0.717, 1.165) is 5.56 Å². The van der Waals surface area contributed by atoms with Gasteiger partial charge in [-0.1, -0.05) is 30.3 Å². The standard InChI is InChI=1S/C24H21FN6O3/c1-13-20(21(24(34)27-2)30-31(13)12-14-7-9-15(25)10-8-14)29-23(33)17-11-19(22(26)32)28-18-6-4-3-5-16(17)18/h3-11H,12H2,1-2H3,(H2,26,32)(H,27,34)(H,29,33). The fourth-order valence-corrected chi connectivity index (χ4v) is 3.56. The van der Waals surface area contributed by atoms with Gasteiger partial charge in [0.25, 0.3) is 17.7 Å². The number of hydrogen-bond acceptors (Lipinski definition) is 5. The van der Waals surface area contributed by atoms with E-state index in [9.17, 15) is 18.8 Å². The lowest BCUT2D eigenvalue weighted by molar-refractivity contribution is 0.0956. The third kappa shape index (κ3) is 4.33. The summed E-state index contributed by atoms with van der Waals surface area (Å²) in [5.74, 6) is -2.18. The van der Waals surface area contributed by atoms with Gasteiger partial charge in [-0.15, -0.1) is 0 Å². The first-order valence-electron chi connectivity index (χ1n) is 10.3. The normalized spacial score (nSPS) is 10.8. The Labute approximate surface area is 193 Å². The molecule has 0 atom stereocenters. The molecule has 0 bridgehead atoms. The first-order valence-corrected chi connectivity index (χ1v) is 10.3. The second-order valence-electron chi connectivity index (χ2n) is 7.56. The zero-order chi connectivity index (χ0) is 24.4. The molecule has 0 aliphatic heterocycles. The third-order valence-corrected chi connectivity index (χ3v) is 5.35. The Bertz CT molecular complexity index is 1430. The van der Waals surface area contributed by atoms with Crippen LogP contribution in [0.3, 0.4) is 0 Å². The Morgan fingerprint density at radius 2 is 1.76 bits per heavy atom. The number of benzene rings is 2. The second kappa shape index (κ2) is 9.10. The van der Waals surface area contributed by atoms with Crippen molar-refractivity contribution in [1.29, 1.82) is 0 Å². The minimum atomic E-state index is -0.769. The molecule has 0 fully saturated rings. The topological polar surface area (TPSA) is 132 Å². The van der Waals surface area contributed by atoms with Crippen LogP contribution in [0, 0.1) is 12.7 Å². The smallest absolute Gasteiger partial charge is 0.273 e. The molecule has 172 valence electrons. The monoisotopic (exact) mass is 460 g/mol. The number of fused-ring (bicyclic) bond motifs is 1. The van der Waals surface area contributed by atoms with Crippen LogP contribution in [-0.4, -0.2) is 39.5 Å². The molecule has 10 heteroatoms. The summed E-state index contributed by atoms with van der Waals surface area (Å²) in [5, 5.41) is 10.2. The van der Waals surface area contributed by atoms with Crippen LogP contribution in [-0.2, 0) is 6.54 Å². The zero-order valence-corrected chi connectivity index (χ0v) is 18.4. The summed E-state index contributed by atoms with van der Waals surface area (Å²) in [6.07, 6.45) is 0. The summed E-state index contributed by atoms with van der Waals surface area (Å²) in [6.45, 7) is 1.97. The molecular weight excluding hydrogens is 439 g/mol. The van der Waals surface area contributed by atoms with Crippen LogP contribution in [0.25, 0.3) is 10.9 Å². The number of carbonyl (C=O) groups is 3. The number of amides is 3. The summed E-state index contributed by atoms with van der Waals surface area (Å²) < 4.78 is 14.8. The van der Waals surface area contributed by atoms with Crippen molar-refractivity contribution in [3.05, 3.63) is 88.6 Å². The van der Waals surface area contributed by atoms with Gasteiger partial charge in [-0.05, 0) is 36.8 Å². The number of hydrogen-bond donors (Lipinski definition) is 3. The SMILES string of the molecule is CNC(=O)c1nn(Cc2ccc(F)cc2)c(C)c1NC(=O)c1cc(C(N)=O)nc2ccccc12. The summed E-state index contributed by atoms with van der Waals surface area (Å²) in [6, 6.07) is 14.1. The molecular formula is C24H21FN6O3. The number of nitrogens with two attached hydrogens (primary N) is 1. The second-order valence-corrected chi connectivity index (χ2v) is 7.56. The van der Waals surface area contributed by atoms with E-state index in [-0.39, 0.29) is 35.0 Å². The Balaban J connectivity index is 1.75. The van der Waals surface area contributed by atoms with Crippen molar-refractivity contribution in [2.24, 2.45) is 5.73 Å². The van der Waals surface area contributed by atoms with E-state index in [1.165, 1.54) is 25.2 Å². The van der Waals surface area contributed by atoms with Crippen molar-refractivity contribution in [3.8, 4) is 0 Å². The predicted molar refractivity (Wildman–Crippen MR) is 124 cm³/mol. The van der Waals surface area contributed by atoms with E-state index >= 15 is 0 Å². The Hall–Kier alpha value is -4.60.